The van der Waals surface area contributed by atoms with Crippen molar-refractivity contribution in [3.63, 3.8) is 0 Å². The maximum atomic E-state index is 12.8. The van der Waals surface area contributed by atoms with E-state index in [2.05, 4.69) is 27.8 Å². The first-order valence-corrected chi connectivity index (χ1v) is 8.87. The first-order chi connectivity index (χ1) is 12.3. The van der Waals surface area contributed by atoms with Gasteiger partial charge in [-0.15, -0.1) is 6.58 Å². The van der Waals surface area contributed by atoms with E-state index in [9.17, 15) is 9.59 Å². The van der Waals surface area contributed by atoms with Crippen molar-refractivity contribution >= 4 is 39.1 Å². The van der Waals surface area contributed by atoms with E-state index in [0.29, 0.717) is 28.3 Å². The van der Waals surface area contributed by atoms with Crippen LogP contribution in [0.4, 0.5) is 11.4 Å². The van der Waals surface area contributed by atoms with Crippen molar-refractivity contribution in [2.75, 3.05) is 23.4 Å². The number of nitrogens with zero attached hydrogens (tertiary/aromatic N) is 1. The zero-order valence-electron chi connectivity index (χ0n) is 14.5. The van der Waals surface area contributed by atoms with Crippen molar-refractivity contribution in [1.82, 2.24) is 0 Å². The van der Waals surface area contributed by atoms with Crippen LogP contribution in [0, 0.1) is 5.41 Å². The van der Waals surface area contributed by atoms with E-state index in [1.165, 1.54) is 0 Å². The highest BCUT2D eigenvalue weighted by Crippen LogP contribution is 2.38. The summed E-state index contributed by atoms with van der Waals surface area (Å²) in [7, 11) is 0. The molecule has 3 rings (SSSR count). The Balaban J connectivity index is 1.90. The Hall–Kier alpha value is -2.54. The van der Waals surface area contributed by atoms with Gasteiger partial charge in [-0.1, -0.05) is 6.08 Å². The van der Waals surface area contributed by atoms with Crippen molar-refractivity contribution in [2.45, 2.75) is 13.8 Å². The number of carbonyl (C=O) groups excluding carboxylic acids is 2. The van der Waals surface area contributed by atoms with E-state index in [0.717, 1.165) is 0 Å². The SMILES string of the molecule is C=CCN1C(=O)C(C)(C)COc2cc(NC(=O)c3ccc(Br)o3)ccc21. The van der Waals surface area contributed by atoms with Crippen molar-refractivity contribution in [3.05, 3.63) is 53.4 Å². The fraction of sp³-hybridized carbons (Fsp3) is 0.263. The minimum atomic E-state index is -0.661. The lowest BCUT2D eigenvalue weighted by molar-refractivity contribution is -0.127. The van der Waals surface area contributed by atoms with Crippen LogP contribution in [0.3, 0.4) is 0 Å². The number of hydrogen-bond donors (Lipinski definition) is 1. The number of halogens is 1. The van der Waals surface area contributed by atoms with Gasteiger partial charge in [-0.25, -0.2) is 0 Å². The number of hydrogen-bond acceptors (Lipinski definition) is 4. The van der Waals surface area contributed by atoms with E-state index >= 15 is 0 Å². The monoisotopic (exact) mass is 418 g/mol. The molecule has 7 heteroatoms. The summed E-state index contributed by atoms with van der Waals surface area (Å²) in [6.07, 6.45) is 1.67. The van der Waals surface area contributed by atoms with Gasteiger partial charge < -0.3 is 19.4 Å². The third-order valence-corrected chi connectivity index (χ3v) is 4.46. The normalized spacial score (nSPS) is 15.7. The lowest BCUT2D eigenvalue weighted by Crippen LogP contribution is -2.42. The molecule has 0 saturated carbocycles. The van der Waals surface area contributed by atoms with Crippen LogP contribution in [0.25, 0.3) is 0 Å². The van der Waals surface area contributed by atoms with Gasteiger partial charge in [-0.3, -0.25) is 9.59 Å². The van der Waals surface area contributed by atoms with Gasteiger partial charge in [0.15, 0.2) is 10.4 Å². The molecular formula is C19H19BrN2O4. The van der Waals surface area contributed by atoms with E-state index in [1.807, 2.05) is 13.8 Å². The molecule has 0 spiro atoms. The molecule has 1 N–H and O–H groups in total. The molecule has 2 aromatic rings. The zero-order valence-corrected chi connectivity index (χ0v) is 16.1. The van der Waals surface area contributed by atoms with Gasteiger partial charge in [0, 0.05) is 18.3 Å². The minimum Gasteiger partial charge on any atom is -0.490 e. The summed E-state index contributed by atoms with van der Waals surface area (Å²) in [5.74, 6) is 0.318. The summed E-state index contributed by atoms with van der Waals surface area (Å²) < 4.78 is 11.6. The molecule has 1 aromatic heterocycles. The molecule has 1 aliphatic rings. The number of rotatable bonds is 4. The van der Waals surface area contributed by atoms with Gasteiger partial charge in [0.05, 0.1) is 11.1 Å². The number of nitrogens with one attached hydrogen (secondary N) is 1. The maximum Gasteiger partial charge on any atom is 0.291 e. The van der Waals surface area contributed by atoms with Crippen LogP contribution in [0.15, 0.2) is 52.1 Å². The molecule has 0 radical (unpaired) electrons. The molecule has 2 amide bonds. The van der Waals surface area contributed by atoms with Crippen LogP contribution < -0.4 is 15.0 Å². The van der Waals surface area contributed by atoms with Gasteiger partial charge in [0.1, 0.15) is 12.4 Å². The van der Waals surface area contributed by atoms with Crippen molar-refractivity contribution in [1.29, 1.82) is 0 Å². The van der Waals surface area contributed by atoms with E-state index in [4.69, 9.17) is 9.15 Å². The Bertz CT molecular complexity index is 872. The summed E-state index contributed by atoms with van der Waals surface area (Å²) in [5.41, 5.74) is 0.539. The number of anilines is 2. The van der Waals surface area contributed by atoms with Crippen LogP contribution in [0.5, 0.6) is 5.75 Å². The second-order valence-corrected chi connectivity index (χ2v) is 7.40. The minimum absolute atomic E-state index is 0.0339. The highest BCUT2D eigenvalue weighted by molar-refractivity contribution is 9.10. The number of amides is 2. The number of carbonyl (C=O) groups is 2. The third-order valence-electron chi connectivity index (χ3n) is 4.03. The maximum absolute atomic E-state index is 12.8. The average molecular weight is 419 g/mol. The molecule has 2 heterocycles. The molecule has 26 heavy (non-hydrogen) atoms. The lowest BCUT2D eigenvalue weighted by Gasteiger charge is -2.27. The summed E-state index contributed by atoms with van der Waals surface area (Å²) in [6.45, 7) is 8.04. The fourth-order valence-corrected chi connectivity index (χ4v) is 2.97. The molecule has 0 aliphatic carbocycles. The van der Waals surface area contributed by atoms with Gasteiger partial charge in [-0.2, -0.15) is 0 Å². The predicted octanol–water partition coefficient (Wildman–Crippen LogP) is 4.23. The molecule has 6 nitrogen and oxygen atoms in total. The lowest BCUT2D eigenvalue weighted by atomic mass is 9.93. The molecular weight excluding hydrogens is 400 g/mol. The van der Waals surface area contributed by atoms with Gasteiger partial charge in [0.2, 0.25) is 5.91 Å². The third kappa shape index (κ3) is 3.53. The van der Waals surface area contributed by atoms with Gasteiger partial charge >= 0.3 is 0 Å². The Labute approximate surface area is 159 Å². The Morgan fingerprint density at radius 2 is 2.15 bits per heavy atom. The number of furan rings is 1. The molecule has 0 unspecified atom stereocenters. The summed E-state index contributed by atoms with van der Waals surface area (Å²) in [4.78, 5) is 26.7. The van der Waals surface area contributed by atoms with Gasteiger partial charge in [0.25, 0.3) is 5.91 Å². The van der Waals surface area contributed by atoms with E-state index in [-0.39, 0.29) is 24.2 Å². The van der Waals surface area contributed by atoms with E-state index < -0.39 is 5.41 Å². The summed E-state index contributed by atoms with van der Waals surface area (Å²) >= 11 is 3.17. The molecule has 1 aromatic carbocycles. The van der Waals surface area contributed by atoms with E-state index in [1.54, 1.807) is 41.3 Å². The first kappa shape index (κ1) is 18.3. The number of ether oxygens (including phenoxy) is 1. The largest absolute Gasteiger partial charge is 0.490 e. The quantitative estimate of drug-likeness (QED) is 0.753. The van der Waals surface area contributed by atoms with Crippen LogP contribution in [0.2, 0.25) is 0 Å². The predicted molar refractivity (Wildman–Crippen MR) is 103 cm³/mol. The Kier molecular flexibility index (Phi) is 4.91. The van der Waals surface area contributed by atoms with Crippen LogP contribution in [-0.2, 0) is 4.79 Å². The highest BCUT2D eigenvalue weighted by Gasteiger charge is 2.37. The molecule has 0 fully saturated rings. The van der Waals surface area contributed by atoms with Crippen molar-refractivity contribution in [2.24, 2.45) is 5.41 Å². The summed E-state index contributed by atoms with van der Waals surface area (Å²) in [6, 6.07) is 8.41. The van der Waals surface area contributed by atoms with Gasteiger partial charge in [-0.05, 0) is 54.0 Å². The van der Waals surface area contributed by atoms with Crippen molar-refractivity contribution in [3.8, 4) is 5.75 Å². The highest BCUT2D eigenvalue weighted by atomic mass is 79.9. The fourth-order valence-electron chi connectivity index (χ4n) is 2.66. The Morgan fingerprint density at radius 1 is 1.38 bits per heavy atom. The molecule has 0 atom stereocenters. The Morgan fingerprint density at radius 3 is 2.81 bits per heavy atom. The average Bonchev–Trinajstić information content (AvgIpc) is 3.01. The smallest absolute Gasteiger partial charge is 0.291 e. The van der Waals surface area contributed by atoms with Crippen LogP contribution in [-0.4, -0.2) is 25.0 Å². The van der Waals surface area contributed by atoms with Crippen LogP contribution >= 0.6 is 15.9 Å². The second kappa shape index (κ2) is 6.99. The molecule has 136 valence electrons. The zero-order chi connectivity index (χ0) is 18.9. The van der Waals surface area contributed by atoms with Crippen LogP contribution in [0.1, 0.15) is 24.4 Å². The number of benzene rings is 1. The van der Waals surface area contributed by atoms with Crippen molar-refractivity contribution < 1.29 is 18.7 Å². The number of fused-ring (bicyclic) bond motifs is 1. The second-order valence-electron chi connectivity index (χ2n) is 6.62. The summed E-state index contributed by atoms with van der Waals surface area (Å²) in [5, 5.41) is 2.76. The molecule has 0 bridgehead atoms. The first-order valence-electron chi connectivity index (χ1n) is 8.08. The molecule has 1 aliphatic heterocycles. The molecule has 0 saturated heterocycles. The standard InChI is InChI=1S/C19H19BrN2O4/c1-4-9-22-13-6-5-12(21-17(23)14-7-8-16(20)26-14)10-15(13)25-11-19(2,3)18(22)24/h4-8,10H,1,9,11H2,2-3H3,(H,21,23). The topological polar surface area (TPSA) is 71.8 Å².